The van der Waals surface area contributed by atoms with E-state index in [0.717, 1.165) is 10.9 Å². The Morgan fingerprint density at radius 1 is 1.39 bits per heavy atom. The van der Waals surface area contributed by atoms with Crippen molar-refractivity contribution in [1.82, 2.24) is 0 Å². The maximum absolute atomic E-state index is 5.74. The third-order valence-electron chi connectivity index (χ3n) is 4.00. The number of nitrogens with zero attached hydrogens (tertiary/aromatic N) is 1. The van der Waals surface area contributed by atoms with Crippen molar-refractivity contribution >= 4 is 21.6 Å². The van der Waals surface area contributed by atoms with Crippen molar-refractivity contribution < 1.29 is 0 Å². The minimum Gasteiger partial charge on any atom is -0.366 e. The van der Waals surface area contributed by atoms with Gasteiger partial charge in [0.05, 0.1) is 0 Å². The second-order valence-corrected chi connectivity index (χ2v) is 6.12. The smallest absolute Gasteiger partial charge is 0.0415 e. The van der Waals surface area contributed by atoms with Crippen LogP contribution in [0, 0.1) is 0 Å². The van der Waals surface area contributed by atoms with Crippen LogP contribution >= 0.6 is 15.9 Å². The number of hydrogen-bond acceptors (Lipinski definition) is 2. The molecule has 0 radical (unpaired) electrons. The van der Waals surface area contributed by atoms with Crippen LogP contribution in [-0.4, -0.2) is 18.6 Å². The van der Waals surface area contributed by atoms with Gasteiger partial charge >= 0.3 is 0 Å². The standard InChI is InChI=1S/C15H23BrN2/c1-3-14-7-4-11(2)18(14)15-10-13(16)6-5-12(15)8-9-17/h5-6,10-11,14H,3-4,7-9,17H2,1-2H3. The lowest BCUT2D eigenvalue weighted by molar-refractivity contribution is 0.625. The maximum Gasteiger partial charge on any atom is 0.0415 e. The van der Waals surface area contributed by atoms with Crippen molar-refractivity contribution in [2.24, 2.45) is 5.73 Å². The molecule has 2 N–H and O–H groups in total. The summed E-state index contributed by atoms with van der Waals surface area (Å²) in [7, 11) is 0. The van der Waals surface area contributed by atoms with E-state index < -0.39 is 0 Å². The van der Waals surface area contributed by atoms with Crippen molar-refractivity contribution in [3.05, 3.63) is 28.2 Å². The molecule has 1 saturated heterocycles. The fourth-order valence-corrected chi connectivity index (χ4v) is 3.40. The Labute approximate surface area is 119 Å². The number of halogens is 1. The Balaban J connectivity index is 2.38. The molecule has 1 heterocycles. The summed E-state index contributed by atoms with van der Waals surface area (Å²) in [6, 6.07) is 7.92. The van der Waals surface area contributed by atoms with Gasteiger partial charge in [-0.2, -0.15) is 0 Å². The second-order valence-electron chi connectivity index (χ2n) is 5.21. The quantitative estimate of drug-likeness (QED) is 0.918. The summed E-state index contributed by atoms with van der Waals surface area (Å²) >= 11 is 3.60. The van der Waals surface area contributed by atoms with Gasteiger partial charge in [-0.25, -0.2) is 0 Å². The Morgan fingerprint density at radius 2 is 2.17 bits per heavy atom. The van der Waals surface area contributed by atoms with Gasteiger partial charge in [-0.3, -0.25) is 0 Å². The molecule has 2 unspecified atom stereocenters. The SMILES string of the molecule is CCC1CCC(C)N1c1cc(Br)ccc1CCN. The maximum atomic E-state index is 5.74. The number of anilines is 1. The van der Waals surface area contributed by atoms with Gasteiger partial charge in [-0.05, 0) is 56.8 Å². The zero-order valence-electron chi connectivity index (χ0n) is 11.3. The van der Waals surface area contributed by atoms with Crippen LogP contribution in [0.4, 0.5) is 5.69 Å². The lowest BCUT2D eigenvalue weighted by atomic mass is 10.1. The number of hydrogen-bond donors (Lipinski definition) is 1. The minimum atomic E-state index is 0.640. The van der Waals surface area contributed by atoms with E-state index in [1.165, 1.54) is 30.5 Å². The second kappa shape index (κ2) is 6.07. The molecule has 0 saturated carbocycles. The van der Waals surface area contributed by atoms with E-state index in [1.807, 2.05) is 0 Å². The van der Waals surface area contributed by atoms with Crippen molar-refractivity contribution in [1.29, 1.82) is 0 Å². The zero-order valence-corrected chi connectivity index (χ0v) is 12.9. The molecule has 2 rings (SSSR count). The molecular formula is C15H23BrN2. The fourth-order valence-electron chi connectivity index (χ4n) is 3.05. The Kier molecular flexibility index (Phi) is 4.68. The van der Waals surface area contributed by atoms with Crippen LogP contribution in [0.3, 0.4) is 0 Å². The van der Waals surface area contributed by atoms with E-state index in [9.17, 15) is 0 Å². The molecule has 0 spiro atoms. The van der Waals surface area contributed by atoms with E-state index in [4.69, 9.17) is 5.73 Å². The average molecular weight is 311 g/mol. The monoisotopic (exact) mass is 310 g/mol. The highest BCUT2D eigenvalue weighted by atomic mass is 79.9. The largest absolute Gasteiger partial charge is 0.366 e. The first-order chi connectivity index (χ1) is 8.67. The molecule has 2 nitrogen and oxygen atoms in total. The van der Waals surface area contributed by atoms with Gasteiger partial charge in [0.2, 0.25) is 0 Å². The zero-order chi connectivity index (χ0) is 13.1. The van der Waals surface area contributed by atoms with Crippen LogP contribution in [-0.2, 0) is 6.42 Å². The summed E-state index contributed by atoms with van der Waals surface area (Å²) in [6.45, 7) is 5.34. The molecule has 0 bridgehead atoms. The van der Waals surface area contributed by atoms with Crippen LogP contribution in [0.2, 0.25) is 0 Å². The van der Waals surface area contributed by atoms with Crippen LogP contribution in [0.5, 0.6) is 0 Å². The summed E-state index contributed by atoms with van der Waals surface area (Å²) < 4.78 is 1.16. The lowest BCUT2D eigenvalue weighted by Crippen LogP contribution is -2.35. The van der Waals surface area contributed by atoms with Crippen molar-refractivity contribution in [2.45, 2.75) is 51.6 Å². The molecule has 1 aromatic carbocycles. The first-order valence-corrected chi connectivity index (χ1v) is 7.73. The van der Waals surface area contributed by atoms with Gasteiger partial charge in [-0.15, -0.1) is 0 Å². The highest BCUT2D eigenvalue weighted by Gasteiger charge is 2.30. The molecule has 100 valence electrons. The molecule has 1 aliphatic heterocycles. The molecule has 0 aromatic heterocycles. The fraction of sp³-hybridized carbons (Fsp3) is 0.600. The highest BCUT2D eigenvalue weighted by molar-refractivity contribution is 9.10. The van der Waals surface area contributed by atoms with E-state index in [1.54, 1.807) is 0 Å². The van der Waals surface area contributed by atoms with E-state index in [2.05, 4.69) is 52.9 Å². The lowest BCUT2D eigenvalue weighted by Gasteiger charge is -2.32. The van der Waals surface area contributed by atoms with Crippen LogP contribution < -0.4 is 10.6 Å². The van der Waals surface area contributed by atoms with Crippen molar-refractivity contribution in [3.8, 4) is 0 Å². The Morgan fingerprint density at radius 3 is 2.83 bits per heavy atom. The van der Waals surface area contributed by atoms with E-state index >= 15 is 0 Å². The Hall–Kier alpha value is -0.540. The molecule has 1 aromatic rings. The molecule has 0 aliphatic carbocycles. The molecule has 0 amide bonds. The molecule has 18 heavy (non-hydrogen) atoms. The first-order valence-electron chi connectivity index (χ1n) is 6.94. The summed E-state index contributed by atoms with van der Waals surface area (Å²) in [5, 5.41) is 0. The van der Waals surface area contributed by atoms with Gasteiger partial charge in [0.25, 0.3) is 0 Å². The number of rotatable bonds is 4. The van der Waals surface area contributed by atoms with Crippen LogP contribution in [0.1, 0.15) is 38.7 Å². The Bertz CT molecular complexity index is 405. The summed E-state index contributed by atoms with van der Waals surface area (Å²) in [6.07, 6.45) is 4.79. The minimum absolute atomic E-state index is 0.640. The average Bonchev–Trinajstić information content (AvgIpc) is 2.73. The number of nitrogens with two attached hydrogens (primary N) is 1. The van der Waals surface area contributed by atoms with Crippen LogP contribution in [0.25, 0.3) is 0 Å². The normalized spacial score (nSPS) is 23.7. The highest BCUT2D eigenvalue weighted by Crippen LogP contribution is 2.35. The molecule has 3 heteroatoms. The third kappa shape index (κ3) is 2.72. The van der Waals surface area contributed by atoms with E-state index in [-0.39, 0.29) is 0 Å². The summed E-state index contributed by atoms with van der Waals surface area (Å²) in [4.78, 5) is 2.61. The van der Waals surface area contributed by atoms with Gasteiger partial charge in [-0.1, -0.05) is 28.9 Å². The van der Waals surface area contributed by atoms with Crippen molar-refractivity contribution in [3.63, 3.8) is 0 Å². The predicted octanol–water partition coefficient (Wildman–Crippen LogP) is 3.72. The van der Waals surface area contributed by atoms with Crippen LogP contribution in [0.15, 0.2) is 22.7 Å². The number of benzene rings is 1. The molecular weight excluding hydrogens is 288 g/mol. The molecule has 1 aliphatic rings. The van der Waals surface area contributed by atoms with E-state index in [0.29, 0.717) is 18.6 Å². The molecule has 2 atom stereocenters. The molecule has 1 fully saturated rings. The van der Waals surface area contributed by atoms with Gasteiger partial charge < -0.3 is 10.6 Å². The summed E-state index contributed by atoms with van der Waals surface area (Å²) in [5.41, 5.74) is 8.50. The van der Waals surface area contributed by atoms with Crippen molar-refractivity contribution in [2.75, 3.05) is 11.4 Å². The van der Waals surface area contributed by atoms with Gasteiger partial charge in [0, 0.05) is 22.2 Å². The summed E-state index contributed by atoms with van der Waals surface area (Å²) in [5.74, 6) is 0. The topological polar surface area (TPSA) is 29.3 Å². The third-order valence-corrected chi connectivity index (χ3v) is 4.49. The van der Waals surface area contributed by atoms with Gasteiger partial charge in [0.1, 0.15) is 0 Å². The predicted molar refractivity (Wildman–Crippen MR) is 82.2 cm³/mol. The van der Waals surface area contributed by atoms with Gasteiger partial charge in [0.15, 0.2) is 0 Å². The first kappa shape index (κ1) is 13.9.